The van der Waals surface area contributed by atoms with E-state index in [1.54, 1.807) is 11.8 Å². The minimum absolute atomic E-state index is 0.150. The van der Waals surface area contributed by atoms with E-state index in [1.165, 1.54) is 34.2 Å². The van der Waals surface area contributed by atoms with Crippen LogP contribution >= 0.6 is 27.7 Å². The number of hydrogen-bond acceptors (Lipinski definition) is 2. The summed E-state index contributed by atoms with van der Waals surface area (Å²) >= 11 is 5.13. The first-order valence-corrected chi connectivity index (χ1v) is 11.2. The molecule has 1 fully saturated rings. The van der Waals surface area contributed by atoms with Crippen LogP contribution in [0.1, 0.15) is 31.2 Å². The predicted octanol–water partition coefficient (Wildman–Crippen LogP) is 5.60. The van der Waals surface area contributed by atoms with Gasteiger partial charge < -0.3 is 9.88 Å². The molecule has 1 N–H and O–H groups in total. The van der Waals surface area contributed by atoms with Crippen molar-refractivity contribution in [1.29, 1.82) is 0 Å². The van der Waals surface area contributed by atoms with Gasteiger partial charge >= 0.3 is 0 Å². The first-order chi connectivity index (χ1) is 13.2. The zero-order valence-corrected chi connectivity index (χ0v) is 17.6. The second kappa shape index (κ2) is 8.53. The Labute approximate surface area is 172 Å². The largest absolute Gasteiger partial charge is 0.353 e. The molecule has 1 heterocycles. The summed E-state index contributed by atoms with van der Waals surface area (Å²) < 4.78 is 3.36. The van der Waals surface area contributed by atoms with Gasteiger partial charge in [0.25, 0.3) is 0 Å². The number of amides is 1. The first-order valence-electron chi connectivity index (χ1n) is 9.43. The zero-order chi connectivity index (χ0) is 18.6. The van der Waals surface area contributed by atoms with Gasteiger partial charge in [0.2, 0.25) is 5.91 Å². The molecule has 0 spiro atoms. The molecular weight excluding hydrogens is 420 g/mol. The van der Waals surface area contributed by atoms with Crippen LogP contribution in [0.3, 0.4) is 0 Å². The van der Waals surface area contributed by atoms with E-state index in [4.69, 9.17) is 0 Å². The summed E-state index contributed by atoms with van der Waals surface area (Å²) in [6.45, 7) is 0.822. The van der Waals surface area contributed by atoms with Crippen molar-refractivity contribution in [3.05, 3.63) is 64.8 Å². The van der Waals surface area contributed by atoms with Crippen LogP contribution in [0.15, 0.2) is 64.1 Å². The van der Waals surface area contributed by atoms with Crippen molar-refractivity contribution in [2.24, 2.45) is 0 Å². The second-order valence-electron chi connectivity index (χ2n) is 7.10. The number of carbonyl (C=O) groups excluding carboxylic acids is 1. The molecule has 5 heteroatoms. The van der Waals surface area contributed by atoms with Crippen LogP contribution in [-0.2, 0) is 11.3 Å². The summed E-state index contributed by atoms with van der Waals surface area (Å²) in [7, 11) is 0. The van der Waals surface area contributed by atoms with Crippen molar-refractivity contribution in [3.8, 4) is 0 Å². The Morgan fingerprint density at radius 1 is 1.11 bits per heavy atom. The third-order valence-electron chi connectivity index (χ3n) is 5.10. The van der Waals surface area contributed by atoms with Crippen molar-refractivity contribution in [3.63, 3.8) is 0 Å². The summed E-state index contributed by atoms with van der Waals surface area (Å²) in [6.07, 6.45) is 6.91. The number of aromatic nitrogens is 1. The van der Waals surface area contributed by atoms with Gasteiger partial charge in [-0.2, -0.15) is 0 Å². The van der Waals surface area contributed by atoms with Crippen LogP contribution in [0, 0.1) is 0 Å². The van der Waals surface area contributed by atoms with Gasteiger partial charge in [-0.1, -0.05) is 59.1 Å². The number of nitrogens with zero attached hydrogens (tertiary/aromatic N) is 1. The molecule has 0 saturated heterocycles. The lowest BCUT2D eigenvalue weighted by Gasteiger charge is -2.11. The summed E-state index contributed by atoms with van der Waals surface area (Å²) in [5.41, 5.74) is 2.47. The fourth-order valence-electron chi connectivity index (χ4n) is 3.73. The number of thioether (sulfide) groups is 1. The molecule has 1 saturated carbocycles. The third-order valence-corrected chi connectivity index (χ3v) is 6.67. The van der Waals surface area contributed by atoms with Crippen LogP contribution in [0.25, 0.3) is 10.9 Å². The van der Waals surface area contributed by atoms with Crippen molar-refractivity contribution in [2.45, 2.75) is 43.2 Å². The molecule has 0 unspecified atom stereocenters. The van der Waals surface area contributed by atoms with E-state index in [-0.39, 0.29) is 5.91 Å². The average molecular weight is 443 g/mol. The van der Waals surface area contributed by atoms with E-state index in [2.05, 4.69) is 80.5 Å². The number of nitrogens with one attached hydrogen (secondary N) is 1. The number of fused-ring (bicyclic) bond motifs is 1. The average Bonchev–Trinajstić information content (AvgIpc) is 3.30. The highest BCUT2D eigenvalue weighted by atomic mass is 79.9. The molecule has 0 radical (unpaired) electrons. The molecule has 1 aliphatic rings. The maximum Gasteiger partial charge on any atom is 0.230 e. The minimum atomic E-state index is 0.150. The Morgan fingerprint density at radius 2 is 1.85 bits per heavy atom. The van der Waals surface area contributed by atoms with Gasteiger partial charge in [-0.05, 0) is 36.6 Å². The fraction of sp³-hybridized carbons (Fsp3) is 0.318. The molecule has 0 bridgehead atoms. The Hall–Kier alpha value is -1.72. The molecule has 0 atom stereocenters. The fourth-order valence-corrected chi connectivity index (χ4v) is 4.89. The lowest BCUT2D eigenvalue weighted by atomic mass is 10.2. The van der Waals surface area contributed by atoms with Crippen LogP contribution < -0.4 is 5.32 Å². The number of hydrogen-bond donors (Lipinski definition) is 1. The van der Waals surface area contributed by atoms with Gasteiger partial charge in [-0.25, -0.2) is 0 Å². The molecule has 1 aliphatic carbocycles. The van der Waals surface area contributed by atoms with Crippen molar-refractivity contribution < 1.29 is 4.79 Å². The molecule has 3 nitrogen and oxygen atoms in total. The van der Waals surface area contributed by atoms with E-state index in [1.807, 2.05) is 0 Å². The molecule has 1 aromatic heterocycles. The molecule has 140 valence electrons. The Bertz CT molecular complexity index is 929. The lowest BCUT2D eigenvalue weighted by molar-refractivity contribution is -0.119. The molecule has 27 heavy (non-hydrogen) atoms. The predicted molar refractivity (Wildman–Crippen MR) is 116 cm³/mol. The lowest BCUT2D eigenvalue weighted by Crippen LogP contribution is -2.33. The van der Waals surface area contributed by atoms with E-state index in [0.717, 1.165) is 23.9 Å². The Morgan fingerprint density at radius 3 is 2.63 bits per heavy atom. The zero-order valence-electron chi connectivity index (χ0n) is 15.2. The standard InChI is InChI=1S/C22H23BrN2OS/c23-17-11-9-16(10-12-17)13-25-14-21(19-7-3-4-8-20(19)25)27-15-22(26)24-18-5-1-2-6-18/h3-4,7-12,14,18H,1-2,5-6,13,15H2,(H,24,26). The second-order valence-corrected chi connectivity index (χ2v) is 9.04. The summed E-state index contributed by atoms with van der Waals surface area (Å²) in [4.78, 5) is 13.5. The quantitative estimate of drug-likeness (QED) is 0.503. The van der Waals surface area contributed by atoms with Crippen LogP contribution in [0.2, 0.25) is 0 Å². The van der Waals surface area contributed by atoms with Crippen LogP contribution in [-0.4, -0.2) is 22.3 Å². The van der Waals surface area contributed by atoms with Gasteiger partial charge in [0.05, 0.1) is 5.75 Å². The van der Waals surface area contributed by atoms with Crippen LogP contribution in [0.4, 0.5) is 0 Å². The molecular formula is C22H23BrN2OS. The van der Waals surface area contributed by atoms with Crippen molar-refractivity contribution in [2.75, 3.05) is 5.75 Å². The van der Waals surface area contributed by atoms with Gasteiger partial charge in [-0.15, -0.1) is 11.8 Å². The summed E-state index contributed by atoms with van der Waals surface area (Å²) in [5, 5.41) is 4.39. The van der Waals surface area contributed by atoms with Crippen molar-refractivity contribution in [1.82, 2.24) is 9.88 Å². The number of para-hydroxylation sites is 1. The highest BCUT2D eigenvalue weighted by Crippen LogP contribution is 2.30. The summed E-state index contributed by atoms with van der Waals surface area (Å²) in [5.74, 6) is 0.625. The number of halogens is 1. The minimum Gasteiger partial charge on any atom is -0.353 e. The van der Waals surface area contributed by atoms with E-state index >= 15 is 0 Å². The van der Waals surface area contributed by atoms with E-state index in [0.29, 0.717) is 11.8 Å². The highest BCUT2D eigenvalue weighted by Gasteiger charge is 2.17. The van der Waals surface area contributed by atoms with Crippen molar-refractivity contribution >= 4 is 44.5 Å². The number of carbonyl (C=O) groups is 1. The van der Waals surface area contributed by atoms with Gasteiger partial charge in [-0.3, -0.25) is 4.79 Å². The van der Waals surface area contributed by atoms with E-state index < -0.39 is 0 Å². The molecule has 2 aromatic carbocycles. The topological polar surface area (TPSA) is 34.0 Å². The van der Waals surface area contributed by atoms with E-state index in [9.17, 15) is 4.79 Å². The molecule has 4 rings (SSSR count). The molecule has 1 amide bonds. The normalized spacial score (nSPS) is 14.7. The molecule has 0 aliphatic heterocycles. The third kappa shape index (κ3) is 4.58. The Balaban J connectivity index is 1.49. The number of benzene rings is 2. The first kappa shape index (κ1) is 18.6. The maximum absolute atomic E-state index is 12.3. The van der Waals surface area contributed by atoms with Gasteiger partial charge in [0.15, 0.2) is 0 Å². The highest BCUT2D eigenvalue weighted by molar-refractivity contribution is 9.10. The SMILES string of the molecule is O=C(CSc1cn(Cc2ccc(Br)cc2)c2ccccc12)NC1CCCC1. The monoisotopic (exact) mass is 442 g/mol. The smallest absolute Gasteiger partial charge is 0.230 e. The summed E-state index contributed by atoms with van der Waals surface area (Å²) in [6, 6.07) is 17.2. The molecule has 3 aromatic rings. The van der Waals surface area contributed by atoms with Gasteiger partial charge in [0.1, 0.15) is 0 Å². The van der Waals surface area contributed by atoms with Crippen LogP contribution in [0.5, 0.6) is 0 Å². The maximum atomic E-state index is 12.3. The van der Waals surface area contributed by atoms with Gasteiger partial charge in [0, 0.05) is 39.1 Å². The number of rotatable bonds is 6. The Kier molecular flexibility index (Phi) is 5.89.